The summed E-state index contributed by atoms with van der Waals surface area (Å²) in [6.07, 6.45) is 44.0. The van der Waals surface area contributed by atoms with E-state index in [0.717, 1.165) is 0 Å². The number of hydrogen-bond acceptors (Lipinski definition) is 2. The summed E-state index contributed by atoms with van der Waals surface area (Å²) in [5.41, 5.74) is 0. The minimum absolute atomic E-state index is 0.642. The molecule has 0 aromatic rings. The third kappa shape index (κ3) is 20.0. The van der Waals surface area contributed by atoms with E-state index in [1.165, 1.54) is 186 Å². The van der Waals surface area contributed by atoms with E-state index in [0.29, 0.717) is 6.17 Å². The lowest BCUT2D eigenvalue weighted by Crippen LogP contribution is -2.39. The van der Waals surface area contributed by atoms with E-state index in [9.17, 15) is 0 Å². The molecule has 220 valence electrons. The van der Waals surface area contributed by atoms with Crippen molar-refractivity contribution >= 4 is 0 Å². The first-order valence-corrected chi connectivity index (χ1v) is 17.5. The first-order chi connectivity index (χ1) is 18.3. The van der Waals surface area contributed by atoms with E-state index in [1.807, 2.05) is 0 Å². The molecule has 1 aliphatic rings. The molecule has 0 saturated carbocycles. The van der Waals surface area contributed by atoms with Gasteiger partial charge in [-0.25, -0.2) is 0 Å². The highest BCUT2D eigenvalue weighted by Gasteiger charge is 2.24. The lowest BCUT2D eigenvalue weighted by Gasteiger charge is -2.33. The van der Waals surface area contributed by atoms with Crippen molar-refractivity contribution in [2.24, 2.45) is 0 Å². The van der Waals surface area contributed by atoms with Gasteiger partial charge in [-0.3, -0.25) is 0 Å². The molecule has 0 fully saturated rings. The normalized spacial score (nSPS) is 15.4. The second-order valence-corrected chi connectivity index (χ2v) is 12.2. The molecule has 1 unspecified atom stereocenters. The van der Waals surface area contributed by atoms with Crippen LogP contribution in [-0.2, 0) is 0 Å². The smallest absolute Gasteiger partial charge is 0.101 e. The van der Waals surface area contributed by atoms with Gasteiger partial charge in [-0.2, -0.15) is 0 Å². The Morgan fingerprint density at radius 2 is 0.622 bits per heavy atom. The average molecular weight is 519 g/mol. The van der Waals surface area contributed by atoms with Gasteiger partial charge in [-0.1, -0.05) is 168 Å². The molecule has 0 amide bonds. The molecule has 1 rings (SSSR count). The first kappa shape index (κ1) is 34.4. The van der Waals surface area contributed by atoms with Crippen molar-refractivity contribution in [2.75, 3.05) is 13.1 Å². The van der Waals surface area contributed by atoms with E-state index >= 15 is 0 Å². The Labute approximate surface area is 235 Å². The fourth-order valence-electron chi connectivity index (χ4n) is 6.01. The molecule has 37 heavy (non-hydrogen) atoms. The summed E-state index contributed by atoms with van der Waals surface area (Å²) >= 11 is 0. The Balaban J connectivity index is 2.16. The summed E-state index contributed by atoms with van der Waals surface area (Å²) in [7, 11) is 0. The number of hydrogen-bond donors (Lipinski definition) is 0. The van der Waals surface area contributed by atoms with Gasteiger partial charge in [-0.15, -0.1) is 0 Å². The van der Waals surface area contributed by atoms with E-state index in [-0.39, 0.29) is 0 Å². The summed E-state index contributed by atoms with van der Waals surface area (Å²) in [6, 6.07) is 0. The average Bonchev–Trinajstić information content (AvgIpc) is 3.29. The maximum absolute atomic E-state index is 2.70. The van der Waals surface area contributed by atoms with E-state index < -0.39 is 0 Å². The van der Waals surface area contributed by atoms with Gasteiger partial charge in [0.2, 0.25) is 0 Å². The highest BCUT2D eigenvalue weighted by atomic mass is 15.4. The number of nitrogens with zero attached hydrogens (tertiary/aromatic N) is 2. The largest absolute Gasteiger partial charge is 0.356 e. The second-order valence-electron chi connectivity index (χ2n) is 12.2. The predicted molar refractivity (Wildman–Crippen MR) is 168 cm³/mol. The minimum atomic E-state index is 0.642. The van der Waals surface area contributed by atoms with Crippen LogP contribution in [0, 0.1) is 0 Å². The van der Waals surface area contributed by atoms with Crippen LogP contribution in [0.5, 0.6) is 0 Å². The van der Waals surface area contributed by atoms with Gasteiger partial charge in [0.25, 0.3) is 0 Å². The van der Waals surface area contributed by atoms with Gasteiger partial charge in [0.1, 0.15) is 6.17 Å². The summed E-state index contributed by atoms with van der Waals surface area (Å²) in [5, 5.41) is 0. The summed E-state index contributed by atoms with van der Waals surface area (Å²) in [6.45, 7) is 9.46. The molecule has 0 saturated heterocycles. The Morgan fingerprint density at radius 3 is 0.973 bits per heavy atom. The molecule has 0 aromatic carbocycles. The predicted octanol–water partition coefficient (Wildman–Crippen LogP) is 12.0. The van der Waals surface area contributed by atoms with Crippen LogP contribution in [0.1, 0.15) is 194 Å². The van der Waals surface area contributed by atoms with Crippen LogP contribution < -0.4 is 0 Å². The molecule has 2 heteroatoms. The van der Waals surface area contributed by atoms with Crippen molar-refractivity contribution in [2.45, 2.75) is 200 Å². The van der Waals surface area contributed by atoms with Crippen LogP contribution in [0.3, 0.4) is 0 Å². The van der Waals surface area contributed by atoms with Gasteiger partial charge in [0, 0.05) is 25.5 Å². The zero-order chi connectivity index (χ0) is 26.7. The van der Waals surface area contributed by atoms with E-state index in [2.05, 4.69) is 43.0 Å². The Hall–Kier alpha value is -0.660. The quantitative estimate of drug-likeness (QED) is 0.0908. The molecule has 1 aliphatic heterocycles. The highest BCUT2D eigenvalue weighted by molar-refractivity contribution is 4.97. The van der Waals surface area contributed by atoms with Crippen LogP contribution in [-0.4, -0.2) is 29.1 Å². The zero-order valence-corrected chi connectivity index (χ0v) is 26.1. The summed E-state index contributed by atoms with van der Waals surface area (Å²) in [5.74, 6) is 0. The van der Waals surface area contributed by atoms with E-state index in [1.54, 1.807) is 0 Å². The lowest BCUT2D eigenvalue weighted by atomic mass is 10.0. The molecule has 1 atom stereocenters. The van der Waals surface area contributed by atoms with Crippen molar-refractivity contribution in [3.63, 3.8) is 0 Å². The standard InChI is InChI=1S/C35H70N2/c1-4-7-10-13-15-17-18-19-20-21-23-25-27-30-35-36(31-28-12-9-6-3)33-34-37(35)32-29-26-24-22-16-14-11-8-5-2/h33-35H,4-32H2,1-3H3. The number of unbranched alkanes of at least 4 members (excludes halogenated alkanes) is 23. The fraction of sp³-hybridized carbons (Fsp3) is 0.943. The number of rotatable bonds is 29. The van der Waals surface area contributed by atoms with Gasteiger partial charge in [0.15, 0.2) is 0 Å². The maximum Gasteiger partial charge on any atom is 0.101 e. The van der Waals surface area contributed by atoms with Crippen molar-refractivity contribution in [1.29, 1.82) is 0 Å². The van der Waals surface area contributed by atoms with Crippen molar-refractivity contribution in [1.82, 2.24) is 9.80 Å². The Kier molecular flexibility index (Phi) is 25.0. The van der Waals surface area contributed by atoms with Gasteiger partial charge in [-0.05, 0) is 25.7 Å². The van der Waals surface area contributed by atoms with Gasteiger partial charge < -0.3 is 9.80 Å². The van der Waals surface area contributed by atoms with Crippen molar-refractivity contribution in [3.8, 4) is 0 Å². The molecule has 0 aliphatic carbocycles. The van der Waals surface area contributed by atoms with Crippen LogP contribution >= 0.6 is 0 Å². The highest BCUT2D eigenvalue weighted by Crippen LogP contribution is 2.24. The van der Waals surface area contributed by atoms with Crippen molar-refractivity contribution in [3.05, 3.63) is 12.4 Å². The Bertz CT molecular complexity index is 474. The second kappa shape index (κ2) is 26.9. The molecule has 0 N–H and O–H groups in total. The molecule has 0 radical (unpaired) electrons. The lowest BCUT2D eigenvalue weighted by molar-refractivity contribution is 0.135. The van der Waals surface area contributed by atoms with E-state index in [4.69, 9.17) is 0 Å². The molecule has 1 heterocycles. The molecular formula is C35H70N2. The first-order valence-electron chi connectivity index (χ1n) is 17.5. The Morgan fingerprint density at radius 1 is 0.351 bits per heavy atom. The summed E-state index contributed by atoms with van der Waals surface area (Å²) < 4.78 is 0. The van der Waals surface area contributed by atoms with Crippen LogP contribution in [0.2, 0.25) is 0 Å². The third-order valence-electron chi connectivity index (χ3n) is 8.57. The molecular weight excluding hydrogens is 448 g/mol. The topological polar surface area (TPSA) is 6.48 Å². The van der Waals surface area contributed by atoms with Gasteiger partial charge in [0.05, 0.1) is 0 Å². The van der Waals surface area contributed by atoms with Crippen LogP contribution in [0.15, 0.2) is 12.4 Å². The molecule has 0 spiro atoms. The monoisotopic (exact) mass is 519 g/mol. The van der Waals surface area contributed by atoms with Crippen LogP contribution in [0.4, 0.5) is 0 Å². The maximum atomic E-state index is 2.70. The van der Waals surface area contributed by atoms with Crippen molar-refractivity contribution < 1.29 is 0 Å². The minimum Gasteiger partial charge on any atom is -0.356 e. The summed E-state index contributed by atoms with van der Waals surface area (Å²) in [4.78, 5) is 5.38. The fourth-order valence-corrected chi connectivity index (χ4v) is 6.01. The molecule has 2 nitrogen and oxygen atoms in total. The zero-order valence-electron chi connectivity index (χ0n) is 26.1. The van der Waals surface area contributed by atoms with Gasteiger partial charge >= 0.3 is 0 Å². The van der Waals surface area contributed by atoms with Crippen LogP contribution in [0.25, 0.3) is 0 Å². The third-order valence-corrected chi connectivity index (χ3v) is 8.57. The molecule has 0 bridgehead atoms. The molecule has 0 aromatic heterocycles. The SMILES string of the molecule is CCCCCCCCCCCCCCCC1N(CCCCCC)C=CN1CCCCCCCCCCC.